The van der Waals surface area contributed by atoms with Crippen LogP contribution in [0.2, 0.25) is 0 Å². The van der Waals surface area contributed by atoms with E-state index in [9.17, 15) is 14.0 Å². The van der Waals surface area contributed by atoms with E-state index in [4.69, 9.17) is 0 Å². The maximum Gasteiger partial charge on any atom is 0.253 e. The Balaban J connectivity index is 1.89. The predicted molar refractivity (Wildman–Crippen MR) is 103 cm³/mol. The summed E-state index contributed by atoms with van der Waals surface area (Å²) in [6.45, 7) is 1.94. The molecule has 0 saturated carbocycles. The molecular weight excluding hydrogens is 434 g/mol. The van der Waals surface area contributed by atoms with Gasteiger partial charge < -0.3 is 10.6 Å². The van der Waals surface area contributed by atoms with E-state index in [-0.39, 0.29) is 24.1 Å². The van der Waals surface area contributed by atoms with E-state index < -0.39 is 5.92 Å². The van der Waals surface area contributed by atoms with Gasteiger partial charge in [0, 0.05) is 33.4 Å². The van der Waals surface area contributed by atoms with Crippen molar-refractivity contribution in [2.45, 2.75) is 19.3 Å². The van der Waals surface area contributed by atoms with E-state index in [0.29, 0.717) is 5.57 Å². The molecular formula is C19H16FIN2O2. The van der Waals surface area contributed by atoms with Crippen LogP contribution in [0.1, 0.15) is 23.5 Å². The van der Waals surface area contributed by atoms with Gasteiger partial charge in [0.05, 0.1) is 0 Å². The summed E-state index contributed by atoms with van der Waals surface area (Å²) < 4.78 is 14.2. The average Bonchev–Trinajstić information content (AvgIpc) is 2.59. The lowest BCUT2D eigenvalue weighted by molar-refractivity contribution is -0.121. The molecule has 6 heteroatoms. The summed E-state index contributed by atoms with van der Waals surface area (Å²) >= 11 is 2.21. The Bertz CT molecular complexity index is 862. The molecule has 4 nitrogen and oxygen atoms in total. The van der Waals surface area contributed by atoms with Gasteiger partial charge in [-0.1, -0.05) is 18.2 Å². The molecule has 0 bridgehead atoms. The lowest BCUT2D eigenvalue weighted by atomic mass is 9.86. The first-order chi connectivity index (χ1) is 12.0. The largest absolute Gasteiger partial charge is 0.332 e. The van der Waals surface area contributed by atoms with Crippen LogP contribution < -0.4 is 10.6 Å². The maximum absolute atomic E-state index is 13.2. The normalized spacial score (nSPS) is 16.8. The number of hydrogen-bond acceptors (Lipinski definition) is 2. The standard InChI is InChI=1S/C19H16FIN2O2/c1-11-16(21)3-2-4-17(11)23-19(25)15-10-22-18(24)9-14(15)12-5-7-13(20)8-6-12/h2-8,10,14H,9H2,1H3,(H,22,24)(H,23,25)/t14-/m0/s1. The van der Waals surface area contributed by atoms with Crippen molar-refractivity contribution in [3.05, 3.63) is 74.8 Å². The van der Waals surface area contributed by atoms with Crippen molar-refractivity contribution in [1.82, 2.24) is 5.32 Å². The molecule has 0 radical (unpaired) electrons. The first-order valence-electron chi connectivity index (χ1n) is 7.77. The molecule has 1 aliphatic rings. The zero-order chi connectivity index (χ0) is 18.0. The summed E-state index contributed by atoms with van der Waals surface area (Å²) in [5.41, 5.74) is 2.89. The highest BCUT2D eigenvalue weighted by Gasteiger charge is 2.29. The quantitative estimate of drug-likeness (QED) is 0.698. The molecule has 1 atom stereocenters. The second-order valence-electron chi connectivity index (χ2n) is 5.84. The zero-order valence-electron chi connectivity index (χ0n) is 13.5. The highest BCUT2D eigenvalue weighted by molar-refractivity contribution is 14.1. The van der Waals surface area contributed by atoms with Crippen LogP contribution in [0, 0.1) is 16.3 Å². The van der Waals surface area contributed by atoms with Crippen molar-refractivity contribution in [3.63, 3.8) is 0 Å². The van der Waals surface area contributed by atoms with Gasteiger partial charge in [0.1, 0.15) is 5.82 Å². The first kappa shape index (κ1) is 17.6. The van der Waals surface area contributed by atoms with Gasteiger partial charge >= 0.3 is 0 Å². The van der Waals surface area contributed by atoms with E-state index in [2.05, 4.69) is 33.2 Å². The third-order valence-electron chi connectivity index (χ3n) is 4.20. The summed E-state index contributed by atoms with van der Waals surface area (Å²) in [5, 5.41) is 5.51. The second-order valence-corrected chi connectivity index (χ2v) is 7.00. The minimum atomic E-state index is -0.405. The molecule has 2 aromatic rings. The number of halogens is 2. The molecule has 0 fully saturated rings. The van der Waals surface area contributed by atoms with Crippen LogP contribution in [0.3, 0.4) is 0 Å². The molecule has 0 unspecified atom stereocenters. The Morgan fingerprint density at radius 2 is 1.96 bits per heavy atom. The van der Waals surface area contributed by atoms with Crippen molar-refractivity contribution in [3.8, 4) is 0 Å². The molecule has 25 heavy (non-hydrogen) atoms. The van der Waals surface area contributed by atoms with E-state index >= 15 is 0 Å². The van der Waals surface area contributed by atoms with Gasteiger partial charge in [-0.3, -0.25) is 9.59 Å². The SMILES string of the molecule is Cc1c(I)cccc1NC(=O)C1=CNC(=O)C[C@H]1c1ccc(F)cc1. The van der Waals surface area contributed by atoms with Gasteiger partial charge in [0.15, 0.2) is 0 Å². The van der Waals surface area contributed by atoms with Gasteiger partial charge in [-0.15, -0.1) is 0 Å². The molecule has 3 rings (SSSR count). The van der Waals surface area contributed by atoms with Crippen LogP contribution in [-0.2, 0) is 9.59 Å². The molecule has 0 spiro atoms. The highest BCUT2D eigenvalue weighted by atomic mass is 127. The van der Waals surface area contributed by atoms with Crippen LogP contribution in [0.4, 0.5) is 10.1 Å². The molecule has 1 heterocycles. The van der Waals surface area contributed by atoms with Crippen molar-refractivity contribution >= 4 is 40.1 Å². The van der Waals surface area contributed by atoms with Gasteiger partial charge in [-0.25, -0.2) is 4.39 Å². The number of benzene rings is 2. The third kappa shape index (κ3) is 3.89. The maximum atomic E-state index is 13.2. The summed E-state index contributed by atoms with van der Waals surface area (Å²) in [6, 6.07) is 11.6. The topological polar surface area (TPSA) is 58.2 Å². The van der Waals surface area contributed by atoms with Crippen LogP contribution in [0.25, 0.3) is 0 Å². The zero-order valence-corrected chi connectivity index (χ0v) is 15.6. The van der Waals surface area contributed by atoms with Gasteiger partial charge in [-0.05, 0) is 64.9 Å². The molecule has 0 aromatic heterocycles. The lowest BCUT2D eigenvalue weighted by Gasteiger charge is -2.24. The van der Waals surface area contributed by atoms with E-state index in [1.165, 1.54) is 18.3 Å². The molecule has 2 amide bonds. The number of nitrogens with one attached hydrogen (secondary N) is 2. The Labute approximate surface area is 158 Å². The minimum absolute atomic E-state index is 0.149. The molecule has 0 aliphatic carbocycles. The summed E-state index contributed by atoms with van der Waals surface area (Å²) in [7, 11) is 0. The van der Waals surface area contributed by atoms with Gasteiger partial charge in [0.2, 0.25) is 5.91 Å². The Morgan fingerprint density at radius 3 is 2.68 bits per heavy atom. The number of hydrogen-bond donors (Lipinski definition) is 2. The van der Waals surface area contributed by atoms with E-state index in [1.807, 2.05) is 25.1 Å². The highest BCUT2D eigenvalue weighted by Crippen LogP contribution is 2.31. The molecule has 0 saturated heterocycles. The first-order valence-corrected chi connectivity index (χ1v) is 8.85. The van der Waals surface area contributed by atoms with Crippen molar-refractivity contribution in [2.24, 2.45) is 0 Å². The van der Waals surface area contributed by atoms with Crippen LogP contribution in [-0.4, -0.2) is 11.8 Å². The minimum Gasteiger partial charge on any atom is -0.332 e. The number of anilines is 1. The monoisotopic (exact) mass is 450 g/mol. The molecule has 128 valence electrons. The summed E-state index contributed by atoms with van der Waals surface area (Å²) in [4.78, 5) is 24.6. The second kappa shape index (κ2) is 7.35. The van der Waals surface area contributed by atoms with Gasteiger partial charge in [0.25, 0.3) is 5.91 Å². The van der Waals surface area contributed by atoms with Crippen LogP contribution >= 0.6 is 22.6 Å². The smallest absolute Gasteiger partial charge is 0.253 e. The van der Waals surface area contributed by atoms with Crippen molar-refractivity contribution in [2.75, 3.05) is 5.32 Å². The molecule has 2 N–H and O–H groups in total. The van der Waals surface area contributed by atoms with E-state index in [1.54, 1.807) is 12.1 Å². The fourth-order valence-electron chi connectivity index (χ4n) is 2.77. The summed E-state index contributed by atoms with van der Waals surface area (Å²) in [6.07, 6.45) is 1.59. The van der Waals surface area contributed by atoms with Gasteiger partial charge in [-0.2, -0.15) is 0 Å². The van der Waals surface area contributed by atoms with Crippen molar-refractivity contribution < 1.29 is 14.0 Å². The average molecular weight is 450 g/mol. The van der Waals surface area contributed by atoms with E-state index in [0.717, 1.165) is 20.4 Å². The third-order valence-corrected chi connectivity index (χ3v) is 5.37. The fraction of sp³-hybridized carbons (Fsp3) is 0.158. The van der Waals surface area contributed by atoms with Crippen LogP contribution in [0.5, 0.6) is 0 Å². The molecule has 2 aromatic carbocycles. The number of rotatable bonds is 3. The Kier molecular flexibility index (Phi) is 5.17. The molecule has 1 aliphatic heterocycles. The fourth-order valence-corrected chi connectivity index (χ4v) is 3.26. The number of amides is 2. The Hall–Kier alpha value is -2.22. The predicted octanol–water partition coefficient (Wildman–Crippen LogP) is 3.86. The Morgan fingerprint density at radius 1 is 1.24 bits per heavy atom. The lowest BCUT2D eigenvalue weighted by Crippen LogP contribution is -2.32. The number of carbonyl (C=O) groups excluding carboxylic acids is 2. The van der Waals surface area contributed by atoms with Crippen molar-refractivity contribution in [1.29, 1.82) is 0 Å². The summed E-state index contributed by atoms with van der Waals surface area (Å²) in [5.74, 6) is -1.21. The van der Waals surface area contributed by atoms with Crippen LogP contribution in [0.15, 0.2) is 54.2 Å². The number of carbonyl (C=O) groups is 2.